The van der Waals surface area contributed by atoms with E-state index in [4.69, 9.17) is 0 Å². The molecule has 0 radical (unpaired) electrons. The van der Waals surface area contributed by atoms with Gasteiger partial charge in [0.15, 0.2) is 0 Å². The van der Waals surface area contributed by atoms with Crippen molar-refractivity contribution in [1.82, 2.24) is 0 Å². The minimum absolute atomic E-state index is 0.0853. The van der Waals surface area contributed by atoms with Gasteiger partial charge < -0.3 is 5.11 Å². The number of fused-ring (bicyclic) bond motifs is 5. The molecule has 4 rings (SSSR count). The third-order valence-corrected chi connectivity index (χ3v) is 11.2. The Balaban J connectivity index is 1.43. The van der Waals surface area contributed by atoms with Gasteiger partial charge in [0.05, 0.1) is 6.10 Å². The first-order valence-corrected chi connectivity index (χ1v) is 13.7. The monoisotopic (exact) mass is 426 g/mol. The molecule has 4 aliphatic carbocycles. The molecule has 0 amide bonds. The van der Waals surface area contributed by atoms with Crippen LogP contribution < -0.4 is 0 Å². The van der Waals surface area contributed by atoms with Crippen LogP contribution in [0.15, 0.2) is 24.3 Å². The maximum atomic E-state index is 10.3. The Morgan fingerprint density at radius 3 is 2.55 bits per heavy atom. The Hall–Kier alpha value is -0.560. The van der Waals surface area contributed by atoms with Gasteiger partial charge >= 0.3 is 0 Å². The van der Waals surface area contributed by atoms with Crippen molar-refractivity contribution >= 4 is 0 Å². The van der Waals surface area contributed by atoms with Gasteiger partial charge in [-0.1, -0.05) is 65.2 Å². The molecule has 1 N–H and O–H groups in total. The van der Waals surface area contributed by atoms with Crippen molar-refractivity contribution in [3.05, 3.63) is 24.3 Å². The largest absolute Gasteiger partial charge is 0.393 e. The van der Waals surface area contributed by atoms with E-state index in [0.29, 0.717) is 16.7 Å². The quantitative estimate of drug-likeness (QED) is 0.407. The molecule has 0 spiro atoms. The van der Waals surface area contributed by atoms with Gasteiger partial charge in [0.1, 0.15) is 0 Å². The van der Waals surface area contributed by atoms with E-state index in [0.717, 1.165) is 48.3 Å². The van der Waals surface area contributed by atoms with Crippen LogP contribution in [0.4, 0.5) is 0 Å². The summed E-state index contributed by atoms with van der Waals surface area (Å²) >= 11 is 0. The third-order valence-electron chi connectivity index (χ3n) is 11.2. The zero-order valence-electron chi connectivity index (χ0n) is 21.2. The second kappa shape index (κ2) is 9.00. The number of allylic oxidation sites excluding steroid dienone is 2. The van der Waals surface area contributed by atoms with Gasteiger partial charge in [-0.25, -0.2) is 0 Å². The molecule has 0 saturated heterocycles. The van der Waals surface area contributed by atoms with E-state index in [-0.39, 0.29) is 6.10 Å². The van der Waals surface area contributed by atoms with Gasteiger partial charge in [0, 0.05) is 0 Å². The third kappa shape index (κ3) is 4.11. The summed E-state index contributed by atoms with van der Waals surface area (Å²) in [5.41, 5.74) is 2.55. The summed E-state index contributed by atoms with van der Waals surface area (Å²) in [7, 11) is 0. The zero-order valence-corrected chi connectivity index (χ0v) is 21.2. The van der Waals surface area contributed by atoms with Crippen LogP contribution in [0.3, 0.4) is 0 Å². The van der Waals surface area contributed by atoms with Gasteiger partial charge in [-0.15, -0.1) is 6.58 Å². The zero-order chi connectivity index (χ0) is 22.4. The molecule has 176 valence electrons. The molecule has 1 unspecified atom stereocenters. The molecule has 0 aromatic rings. The van der Waals surface area contributed by atoms with E-state index in [1.165, 1.54) is 57.8 Å². The number of hydrogen-bond donors (Lipinski definition) is 1. The molecule has 0 aliphatic heterocycles. The van der Waals surface area contributed by atoms with E-state index in [1.54, 1.807) is 5.57 Å². The molecule has 0 aromatic heterocycles. The predicted octanol–water partition coefficient (Wildman–Crippen LogP) is 8.19. The van der Waals surface area contributed by atoms with Gasteiger partial charge in [-0.3, -0.25) is 0 Å². The van der Waals surface area contributed by atoms with Crippen molar-refractivity contribution < 1.29 is 5.11 Å². The van der Waals surface area contributed by atoms with E-state index >= 15 is 0 Å². The molecular formula is C30H50O. The first kappa shape index (κ1) is 23.6. The molecule has 1 nitrogen and oxygen atoms in total. The van der Waals surface area contributed by atoms with Gasteiger partial charge in [0.25, 0.3) is 0 Å². The van der Waals surface area contributed by atoms with Gasteiger partial charge in [-0.2, -0.15) is 0 Å². The second-order valence-corrected chi connectivity index (χ2v) is 12.9. The van der Waals surface area contributed by atoms with Crippen molar-refractivity contribution in [3.8, 4) is 0 Å². The molecule has 4 aliphatic rings. The Morgan fingerprint density at radius 1 is 1.06 bits per heavy atom. The Labute approximate surface area is 193 Å². The van der Waals surface area contributed by atoms with Crippen molar-refractivity contribution in [3.63, 3.8) is 0 Å². The summed E-state index contributed by atoms with van der Waals surface area (Å²) in [6.07, 6.45) is 19.1. The van der Waals surface area contributed by atoms with Crippen molar-refractivity contribution in [2.75, 3.05) is 0 Å². The lowest BCUT2D eigenvalue weighted by atomic mass is 9.47. The van der Waals surface area contributed by atoms with Gasteiger partial charge in [0.2, 0.25) is 0 Å². The Morgan fingerprint density at radius 2 is 1.84 bits per heavy atom. The predicted molar refractivity (Wildman–Crippen MR) is 133 cm³/mol. The summed E-state index contributed by atoms with van der Waals surface area (Å²) in [6.45, 7) is 16.6. The lowest BCUT2D eigenvalue weighted by Gasteiger charge is -2.58. The molecule has 0 aromatic carbocycles. The molecule has 1 heteroatoms. The molecule has 0 heterocycles. The average molecular weight is 427 g/mol. The minimum Gasteiger partial charge on any atom is -0.393 e. The normalized spacial score (nSPS) is 44.1. The average Bonchev–Trinajstić information content (AvgIpc) is 3.08. The highest BCUT2D eigenvalue weighted by Crippen LogP contribution is 2.67. The summed E-state index contributed by atoms with van der Waals surface area (Å²) < 4.78 is 0. The second-order valence-electron chi connectivity index (χ2n) is 12.9. The summed E-state index contributed by atoms with van der Waals surface area (Å²) in [6, 6.07) is 0. The van der Waals surface area contributed by atoms with Crippen LogP contribution in [-0.2, 0) is 0 Å². The first-order chi connectivity index (χ1) is 14.7. The van der Waals surface area contributed by atoms with Crippen molar-refractivity contribution in [2.45, 2.75) is 111 Å². The molecule has 3 fully saturated rings. The number of rotatable bonds is 7. The highest BCUT2D eigenvalue weighted by molar-refractivity contribution is 5.25. The fraction of sp³-hybridized carbons (Fsp3) is 0.867. The van der Waals surface area contributed by atoms with E-state index in [1.807, 2.05) is 0 Å². The molecule has 31 heavy (non-hydrogen) atoms. The maximum Gasteiger partial charge on any atom is 0.0577 e. The van der Waals surface area contributed by atoms with E-state index in [2.05, 4.69) is 53.3 Å². The SMILES string of the molecule is C=CC(CCC[C@@H](C)[C@H]1CC[C@H]2[C@@H]3CC=C4C[C@@H](O)CC[C@]4(C)[C@H]3CC[C@]12C)C(C)C. The summed E-state index contributed by atoms with van der Waals surface area (Å²) in [5, 5.41) is 10.3. The summed E-state index contributed by atoms with van der Waals surface area (Å²) in [5.74, 6) is 5.88. The maximum absolute atomic E-state index is 10.3. The fourth-order valence-electron chi connectivity index (χ4n) is 9.22. The lowest BCUT2D eigenvalue weighted by molar-refractivity contribution is -0.0573. The highest BCUT2D eigenvalue weighted by Gasteiger charge is 2.59. The van der Waals surface area contributed by atoms with Crippen LogP contribution in [0.1, 0.15) is 105 Å². The topological polar surface area (TPSA) is 20.2 Å². The van der Waals surface area contributed by atoms with Crippen LogP contribution in [0.2, 0.25) is 0 Å². The van der Waals surface area contributed by atoms with Crippen LogP contribution >= 0.6 is 0 Å². The minimum atomic E-state index is -0.0853. The van der Waals surface area contributed by atoms with Crippen molar-refractivity contribution in [1.29, 1.82) is 0 Å². The van der Waals surface area contributed by atoms with E-state index < -0.39 is 0 Å². The van der Waals surface area contributed by atoms with Crippen LogP contribution in [0.5, 0.6) is 0 Å². The smallest absolute Gasteiger partial charge is 0.0577 e. The van der Waals surface area contributed by atoms with Crippen LogP contribution in [0.25, 0.3) is 0 Å². The highest BCUT2D eigenvalue weighted by atomic mass is 16.3. The fourth-order valence-corrected chi connectivity index (χ4v) is 9.22. The van der Waals surface area contributed by atoms with Crippen molar-refractivity contribution in [2.24, 2.45) is 52.3 Å². The number of aliphatic hydroxyl groups excluding tert-OH is 1. The standard InChI is InChI=1S/C30H50O/c1-7-22(20(2)3)10-8-9-21(4)26-13-14-27-25-12-11-23-19-24(31)15-17-29(23,5)28(25)16-18-30(26,27)6/h7,11,20-22,24-28,31H,1,8-10,12-19H2,2-6H3/t21-,22?,24+,25+,26-,27+,28+,29+,30-/m1/s1. The Bertz CT molecular complexity index is 676. The van der Waals surface area contributed by atoms with Gasteiger partial charge in [-0.05, 0) is 110 Å². The van der Waals surface area contributed by atoms with E-state index in [9.17, 15) is 5.11 Å². The number of hydrogen-bond acceptors (Lipinski definition) is 1. The van der Waals surface area contributed by atoms with Crippen LogP contribution in [0, 0.1) is 52.3 Å². The molecule has 3 saturated carbocycles. The lowest BCUT2D eigenvalue weighted by Crippen LogP contribution is -2.50. The number of aliphatic hydroxyl groups is 1. The molecular weight excluding hydrogens is 376 g/mol. The summed E-state index contributed by atoms with van der Waals surface area (Å²) in [4.78, 5) is 0. The molecule has 9 atom stereocenters. The Kier molecular flexibility index (Phi) is 6.85. The first-order valence-electron chi connectivity index (χ1n) is 13.7. The van der Waals surface area contributed by atoms with Crippen LogP contribution in [-0.4, -0.2) is 11.2 Å². The molecule has 0 bridgehead atoms.